The lowest BCUT2D eigenvalue weighted by molar-refractivity contribution is -0.129. The molecule has 31 heavy (non-hydrogen) atoms. The Morgan fingerprint density at radius 2 is 2.00 bits per heavy atom. The van der Waals surface area contributed by atoms with Crippen LogP contribution in [-0.4, -0.2) is 42.6 Å². The van der Waals surface area contributed by atoms with Crippen LogP contribution in [0.15, 0.2) is 24.3 Å². The van der Waals surface area contributed by atoms with Gasteiger partial charge in [0.25, 0.3) is 0 Å². The van der Waals surface area contributed by atoms with Gasteiger partial charge in [-0.1, -0.05) is 30.5 Å². The smallest absolute Gasteiger partial charge is 0.244 e. The second kappa shape index (κ2) is 10.5. The standard InChI is InChI=1S/C22H25ClFN3O4/c23-16-5-3-14(18(24)11-16)4-6-20(29)27-19(9-13-1-2-13)22(31)26-17(12-28)10-15-7-8-25-21(15)30/h3-6,11-13,15,17,19H,1-2,7-10H2,(H,25,30)(H,26,31)(H,27,29)/b6-4+/t15-,17?,19-/m0/s1. The normalized spacial score (nSPS) is 20.2. The summed E-state index contributed by atoms with van der Waals surface area (Å²) in [5.41, 5.74) is 0.193. The van der Waals surface area contributed by atoms with Gasteiger partial charge >= 0.3 is 0 Å². The van der Waals surface area contributed by atoms with Gasteiger partial charge in [-0.25, -0.2) is 4.39 Å². The molecule has 1 aromatic rings. The fourth-order valence-electron chi connectivity index (χ4n) is 3.55. The van der Waals surface area contributed by atoms with Crippen LogP contribution in [0.5, 0.6) is 0 Å². The number of carbonyl (C=O) groups is 4. The van der Waals surface area contributed by atoms with Crippen LogP contribution < -0.4 is 16.0 Å². The summed E-state index contributed by atoms with van der Waals surface area (Å²) < 4.78 is 13.9. The van der Waals surface area contributed by atoms with Gasteiger partial charge in [0, 0.05) is 29.1 Å². The number of carbonyl (C=O) groups excluding carboxylic acids is 4. The molecule has 2 fully saturated rings. The van der Waals surface area contributed by atoms with E-state index in [0.29, 0.717) is 31.6 Å². The minimum Gasteiger partial charge on any atom is -0.356 e. The quantitative estimate of drug-likeness (QED) is 0.375. The molecule has 9 heteroatoms. The van der Waals surface area contributed by atoms with Crippen LogP contribution in [0.3, 0.4) is 0 Å². The molecule has 0 aromatic heterocycles. The van der Waals surface area contributed by atoms with E-state index < -0.39 is 29.7 Å². The van der Waals surface area contributed by atoms with Crippen molar-refractivity contribution in [2.24, 2.45) is 11.8 Å². The molecule has 3 N–H and O–H groups in total. The van der Waals surface area contributed by atoms with Gasteiger partial charge in [0.2, 0.25) is 17.7 Å². The van der Waals surface area contributed by atoms with Crippen molar-refractivity contribution in [3.05, 3.63) is 40.7 Å². The van der Waals surface area contributed by atoms with Crippen molar-refractivity contribution < 1.29 is 23.6 Å². The van der Waals surface area contributed by atoms with Gasteiger partial charge in [-0.3, -0.25) is 14.4 Å². The maximum absolute atomic E-state index is 13.9. The predicted octanol–water partition coefficient (Wildman–Crippen LogP) is 1.99. The first-order valence-corrected chi connectivity index (χ1v) is 10.7. The molecule has 3 amide bonds. The molecule has 166 valence electrons. The van der Waals surface area contributed by atoms with Crippen molar-refractivity contribution in [1.82, 2.24) is 16.0 Å². The molecular formula is C22H25ClFN3O4. The van der Waals surface area contributed by atoms with Crippen molar-refractivity contribution in [3.63, 3.8) is 0 Å². The lowest BCUT2D eigenvalue weighted by atomic mass is 9.98. The van der Waals surface area contributed by atoms with Crippen molar-refractivity contribution in [2.45, 2.75) is 44.2 Å². The number of halogens is 2. The summed E-state index contributed by atoms with van der Waals surface area (Å²) in [6, 6.07) is 2.48. The second-order valence-corrected chi connectivity index (χ2v) is 8.44. The Morgan fingerprint density at radius 1 is 1.23 bits per heavy atom. The topological polar surface area (TPSA) is 104 Å². The summed E-state index contributed by atoms with van der Waals surface area (Å²) in [7, 11) is 0. The van der Waals surface area contributed by atoms with E-state index in [2.05, 4.69) is 16.0 Å². The maximum Gasteiger partial charge on any atom is 0.244 e. The number of rotatable bonds is 10. The van der Waals surface area contributed by atoms with E-state index in [0.717, 1.165) is 25.0 Å². The molecule has 1 aliphatic carbocycles. The van der Waals surface area contributed by atoms with Crippen molar-refractivity contribution in [3.8, 4) is 0 Å². The molecule has 1 aliphatic heterocycles. The van der Waals surface area contributed by atoms with Crippen LogP contribution in [0.25, 0.3) is 6.08 Å². The molecule has 1 saturated carbocycles. The summed E-state index contributed by atoms with van der Waals surface area (Å²) >= 11 is 5.72. The Hall–Kier alpha value is -2.74. The van der Waals surface area contributed by atoms with Crippen LogP contribution in [0.4, 0.5) is 4.39 Å². The fourth-order valence-corrected chi connectivity index (χ4v) is 3.71. The number of aldehydes is 1. The Balaban J connectivity index is 1.59. The van der Waals surface area contributed by atoms with Crippen molar-refractivity contribution in [2.75, 3.05) is 6.54 Å². The number of nitrogens with one attached hydrogen (secondary N) is 3. The van der Waals surface area contributed by atoms with E-state index in [4.69, 9.17) is 11.6 Å². The SMILES string of the molecule is O=CC(C[C@@H]1CCNC1=O)NC(=O)[C@H](CC1CC1)NC(=O)/C=C/c1ccc(Cl)cc1F. The predicted molar refractivity (Wildman–Crippen MR) is 113 cm³/mol. The highest BCUT2D eigenvalue weighted by Crippen LogP contribution is 2.33. The Bertz CT molecular complexity index is 888. The van der Waals surface area contributed by atoms with Gasteiger partial charge < -0.3 is 20.7 Å². The van der Waals surface area contributed by atoms with E-state index in [1.54, 1.807) is 0 Å². The minimum absolute atomic E-state index is 0.122. The van der Waals surface area contributed by atoms with Crippen molar-refractivity contribution in [1.29, 1.82) is 0 Å². The van der Waals surface area contributed by atoms with E-state index in [9.17, 15) is 23.6 Å². The zero-order valence-electron chi connectivity index (χ0n) is 16.9. The van der Waals surface area contributed by atoms with Crippen LogP contribution in [0.1, 0.15) is 37.7 Å². The van der Waals surface area contributed by atoms with Gasteiger partial charge in [0.1, 0.15) is 18.1 Å². The largest absolute Gasteiger partial charge is 0.356 e. The lowest BCUT2D eigenvalue weighted by Crippen LogP contribution is -2.50. The molecule has 1 unspecified atom stereocenters. The molecule has 0 bridgehead atoms. The average molecular weight is 450 g/mol. The Kier molecular flexibility index (Phi) is 7.79. The molecular weight excluding hydrogens is 425 g/mol. The molecule has 1 aromatic carbocycles. The zero-order valence-corrected chi connectivity index (χ0v) is 17.7. The highest BCUT2D eigenvalue weighted by molar-refractivity contribution is 6.30. The summed E-state index contributed by atoms with van der Waals surface area (Å²) in [6.07, 6.45) is 6.32. The minimum atomic E-state index is -0.820. The van der Waals surface area contributed by atoms with Gasteiger partial charge in [-0.05, 0) is 43.4 Å². The van der Waals surface area contributed by atoms with E-state index in [1.165, 1.54) is 18.2 Å². The first-order valence-electron chi connectivity index (χ1n) is 10.3. The number of hydrogen-bond acceptors (Lipinski definition) is 4. The molecule has 1 saturated heterocycles. The summed E-state index contributed by atoms with van der Waals surface area (Å²) in [6.45, 7) is 0.559. The molecule has 0 radical (unpaired) electrons. The molecule has 3 atom stereocenters. The highest BCUT2D eigenvalue weighted by Gasteiger charge is 2.32. The Morgan fingerprint density at radius 3 is 2.61 bits per heavy atom. The third-order valence-corrected chi connectivity index (χ3v) is 5.70. The summed E-state index contributed by atoms with van der Waals surface area (Å²) in [5.74, 6) is -1.68. The molecule has 7 nitrogen and oxygen atoms in total. The van der Waals surface area contributed by atoms with Gasteiger partial charge in [0.15, 0.2) is 0 Å². The van der Waals surface area contributed by atoms with Crippen molar-refractivity contribution >= 4 is 41.7 Å². The van der Waals surface area contributed by atoms with Crippen LogP contribution in [0.2, 0.25) is 5.02 Å². The lowest BCUT2D eigenvalue weighted by Gasteiger charge is -2.21. The molecule has 0 spiro atoms. The number of amides is 3. The molecule has 2 aliphatic rings. The van der Waals surface area contributed by atoms with Crippen LogP contribution in [0, 0.1) is 17.7 Å². The van der Waals surface area contributed by atoms with Gasteiger partial charge in [-0.15, -0.1) is 0 Å². The third kappa shape index (κ3) is 6.89. The van der Waals surface area contributed by atoms with E-state index in [1.807, 2.05) is 0 Å². The number of hydrogen-bond donors (Lipinski definition) is 3. The Labute approximate surface area is 184 Å². The highest BCUT2D eigenvalue weighted by atomic mass is 35.5. The van der Waals surface area contributed by atoms with Crippen LogP contribution in [-0.2, 0) is 19.2 Å². The van der Waals surface area contributed by atoms with E-state index >= 15 is 0 Å². The first-order chi connectivity index (χ1) is 14.9. The third-order valence-electron chi connectivity index (χ3n) is 5.47. The summed E-state index contributed by atoms with van der Waals surface area (Å²) in [5, 5.41) is 8.23. The number of benzene rings is 1. The molecule has 3 rings (SSSR count). The fraction of sp³-hybridized carbons (Fsp3) is 0.455. The second-order valence-electron chi connectivity index (χ2n) is 8.00. The monoisotopic (exact) mass is 449 g/mol. The van der Waals surface area contributed by atoms with E-state index in [-0.39, 0.29) is 28.8 Å². The van der Waals surface area contributed by atoms with Gasteiger partial charge in [-0.2, -0.15) is 0 Å². The average Bonchev–Trinajstić information content (AvgIpc) is 3.46. The molecule has 1 heterocycles. The maximum atomic E-state index is 13.9. The van der Waals surface area contributed by atoms with Crippen LogP contribution >= 0.6 is 11.6 Å². The zero-order chi connectivity index (χ0) is 22.4. The first kappa shape index (κ1) is 22.9. The summed E-state index contributed by atoms with van der Waals surface area (Å²) in [4.78, 5) is 48.3. The van der Waals surface area contributed by atoms with Gasteiger partial charge in [0.05, 0.1) is 6.04 Å².